The molecule has 5 nitrogen and oxygen atoms in total. The summed E-state index contributed by atoms with van der Waals surface area (Å²) in [5.41, 5.74) is 1.44. The molecule has 1 heterocycles. The van der Waals surface area contributed by atoms with Crippen molar-refractivity contribution in [3.8, 4) is 5.75 Å². The Morgan fingerprint density at radius 3 is 2.43 bits per heavy atom. The van der Waals surface area contributed by atoms with Crippen molar-refractivity contribution in [2.45, 2.75) is 37.6 Å². The van der Waals surface area contributed by atoms with E-state index in [-0.39, 0.29) is 6.04 Å². The molecule has 0 saturated carbocycles. The maximum absolute atomic E-state index is 12.8. The normalized spacial score (nSPS) is 19.2. The molecule has 1 aromatic carbocycles. The number of likely N-dealkylation sites (N-methyl/N-ethyl adjacent to an activating group) is 1. The van der Waals surface area contributed by atoms with Crippen LogP contribution in [0.25, 0.3) is 0 Å². The zero-order valence-electron chi connectivity index (χ0n) is 13.1. The van der Waals surface area contributed by atoms with Crippen molar-refractivity contribution in [2.75, 3.05) is 27.2 Å². The molecule has 1 aliphatic rings. The monoisotopic (exact) mass is 312 g/mol. The number of ether oxygens (including phenoxy) is 1. The zero-order chi connectivity index (χ0) is 15.6. The number of hydrogen-bond acceptors (Lipinski definition) is 4. The summed E-state index contributed by atoms with van der Waals surface area (Å²) in [5, 5.41) is 3.33. The van der Waals surface area contributed by atoms with Gasteiger partial charge < -0.3 is 10.1 Å². The van der Waals surface area contributed by atoms with Gasteiger partial charge in [-0.05, 0) is 56.5 Å². The predicted octanol–water partition coefficient (Wildman–Crippen LogP) is 1.68. The summed E-state index contributed by atoms with van der Waals surface area (Å²) in [6.45, 7) is 5.10. The molecule has 0 radical (unpaired) electrons. The maximum Gasteiger partial charge on any atom is 0.243 e. The first-order chi connectivity index (χ1) is 9.86. The number of nitrogens with zero attached hydrogens (tertiary/aromatic N) is 1. The largest absolute Gasteiger partial charge is 0.497 e. The Hall–Kier alpha value is -1.11. The second-order valence-electron chi connectivity index (χ2n) is 5.67. The van der Waals surface area contributed by atoms with Gasteiger partial charge in [-0.15, -0.1) is 0 Å². The van der Waals surface area contributed by atoms with Crippen molar-refractivity contribution < 1.29 is 13.2 Å². The van der Waals surface area contributed by atoms with Crippen LogP contribution in [-0.2, 0) is 10.0 Å². The average molecular weight is 312 g/mol. The fraction of sp³-hybridized carbons (Fsp3) is 0.600. The van der Waals surface area contributed by atoms with Gasteiger partial charge in [0.1, 0.15) is 5.75 Å². The van der Waals surface area contributed by atoms with Crippen molar-refractivity contribution in [1.29, 1.82) is 0 Å². The lowest BCUT2D eigenvalue weighted by molar-refractivity contribution is 0.411. The highest BCUT2D eigenvalue weighted by molar-refractivity contribution is 7.89. The molecule has 21 heavy (non-hydrogen) atoms. The van der Waals surface area contributed by atoms with Crippen molar-refractivity contribution >= 4 is 10.0 Å². The molecule has 1 saturated heterocycles. The third-order valence-electron chi connectivity index (χ3n) is 3.98. The number of methoxy groups -OCH3 is 1. The van der Waals surface area contributed by atoms with Gasteiger partial charge in [-0.25, -0.2) is 8.42 Å². The van der Waals surface area contributed by atoms with E-state index < -0.39 is 10.0 Å². The van der Waals surface area contributed by atoms with Crippen LogP contribution in [0.5, 0.6) is 5.75 Å². The van der Waals surface area contributed by atoms with Crippen LogP contribution in [-0.4, -0.2) is 46.0 Å². The standard InChI is InChI=1S/C15H24N2O3S/c1-11-8-14(20-4)9-12(2)15(11)21(18,19)17(3)10-13-6-5-7-16-13/h8-9,13,16H,5-7,10H2,1-4H3. The Labute approximate surface area is 127 Å². The number of hydrogen-bond donors (Lipinski definition) is 1. The van der Waals surface area contributed by atoms with Gasteiger partial charge >= 0.3 is 0 Å². The van der Waals surface area contributed by atoms with E-state index in [1.165, 1.54) is 4.31 Å². The Kier molecular flexibility index (Phi) is 4.91. The number of sulfonamides is 1. The van der Waals surface area contributed by atoms with Crippen molar-refractivity contribution in [2.24, 2.45) is 0 Å². The Morgan fingerprint density at radius 1 is 1.33 bits per heavy atom. The van der Waals surface area contributed by atoms with E-state index in [9.17, 15) is 8.42 Å². The van der Waals surface area contributed by atoms with E-state index >= 15 is 0 Å². The number of aryl methyl sites for hydroxylation is 2. The maximum atomic E-state index is 12.8. The van der Waals surface area contributed by atoms with E-state index in [1.807, 2.05) is 13.8 Å². The highest BCUT2D eigenvalue weighted by Crippen LogP contribution is 2.28. The SMILES string of the molecule is COc1cc(C)c(S(=O)(=O)N(C)CC2CCCN2)c(C)c1. The first kappa shape index (κ1) is 16.3. The van der Waals surface area contributed by atoms with Crippen molar-refractivity contribution in [1.82, 2.24) is 9.62 Å². The topological polar surface area (TPSA) is 58.6 Å². The fourth-order valence-corrected chi connectivity index (χ4v) is 4.53. The number of benzene rings is 1. The second-order valence-corrected chi connectivity index (χ2v) is 7.65. The van der Waals surface area contributed by atoms with Crippen LogP contribution in [0.15, 0.2) is 17.0 Å². The van der Waals surface area contributed by atoms with Gasteiger partial charge in [-0.3, -0.25) is 0 Å². The lowest BCUT2D eigenvalue weighted by Crippen LogP contribution is -2.39. The summed E-state index contributed by atoms with van der Waals surface area (Å²) in [6.07, 6.45) is 2.14. The predicted molar refractivity (Wildman–Crippen MR) is 83.3 cm³/mol. The minimum absolute atomic E-state index is 0.253. The quantitative estimate of drug-likeness (QED) is 0.899. The van der Waals surface area contributed by atoms with Crippen LogP contribution in [0.3, 0.4) is 0 Å². The molecule has 0 amide bonds. The van der Waals surface area contributed by atoms with Gasteiger partial charge in [0.25, 0.3) is 0 Å². The number of rotatable bonds is 5. The molecule has 1 N–H and O–H groups in total. The fourth-order valence-electron chi connectivity index (χ4n) is 2.91. The summed E-state index contributed by atoms with van der Waals surface area (Å²) in [6, 6.07) is 3.78. The van der Waals surface area contributed by atoms with Crippen molar-refractivity contribution in [3.05, 3.63) is 23.3 Å². The third-order valence-corrected chi connectivity index (χ3v) is 6.11. The van der Waals surface area contributed by atoms with Crippen LogP contribution in [0.4, 0.5) is 0 Å². The molecule has 0 aliphatic carbocycles. The van der Waals surface area contributed by atoms with Gasteiger partial charge in [0.15, 0.2) is 0 Å². The van der Waals surface area contributed by atoms with E-state index in [2.05, 4.69) is 5.32 Å². The molecule has 2 rings (SSSR count). The Balaban J connectivity index is 2.30. The van der Waals surface area contributed by atoms with Crippen molar-refractivity contribution in [3.63, 3.8) is 0 Å². The lowest BCUT2D eigenvalue weighted by Gasteiger charge is -2.23. The molecule has 0 bridgehead atoms. The van der Waals surface area contributed by atoms with Gasteiger partial charge in [0.05, 0.1) is 12.0 Å². The average Bonchev–Trinajstić information content (AvgIpc) is 2.90. The second kappa shape index (κ2) is 6.34. The van der Waals surface area contributed by atoms with Crippen LogP contribution in [0.1, 0.15) is 24.0 Å². The molecule has 6 heteroatoms. The minimum atomic E-state index is -3.48. The molecule has 0 aromatic heterocycles. The van der Waals surface area contributed by atoms with Gasteiger partial charge in [0, 0.05) is 19.6 Å². The Bertz CT molecular complexity index is 584. The van der Waals surface area contributed by atoms with E-state index in [0.29, 0.717) is 17.2 Å². The van der Waals surface area contributed by atoms with Crippen LogP contribution in [0.2, 0.25) is 0 Å². The molecule has 118 valence electrons. The Morgan fingerprint density at radius 2 is 1.95 bits per heavy atom. The van der Waals surface area contributed by atoms with Crippen LogP contribution in [0, 0.1) is 13.8 Å². The molecule has 1 atom stereocenters. The lowest BCUT2D eigenvalue weighted by atomic mass is 10.1. The van der Waals surface area contributed by atoms with Gasteiger partial charge in [-0.2, -0.15) is 4.31 Å². The molecule has 1 aliphatic heterocycles. The van der Waals surface area contributed by atoms with E-state index in [4.69, 9.17) is 4.74 Å². The highest BCUT2D eigenvalue weighted by Gasteiger charge is 2.28. The zero-order valence-corrected chi connectivity index (χ0v) is 14.0. The minimum Gasteiger partial charge on any atom is -0.497 e. The third kappa shape index (κ3) is 3.39. The summed E-state index contributed by atoms with van der Waals surface area (Å²) in [5.74, 6) is 0.684. The molecular weight excluding hydrogens is 288 g/mol. The molecular formula is C15H24N2O3S. The highest BCUT2D eigenvalue weighted by atomic mass is 32.2. The summed E-state index contributed by atoms with van der Waals surface area (Å²) in [7, 11) is -0.240. The van der Waals surface area contributed by atoms with E-state index in [0.717, 1.165) is 30.5 Å². The van der Waals surface area contributed by atoms with Gasteiger partial charge in [0.2, 0.25) is 10.0 Å². The van der Waals surface area contributed by atoms with Crippen LogP contribution >= 0.6 is 0 Å². The molecule has 1 fully saturated rings. The number of nitrogens with one attached hydrogen (secondary N) is 1. The van der Waals surface area contributed by atoms with Gasteiger partial charge in [-0.1, -0.05) is 0 Å². The first-order valence-corrected chi connectivity index (χ1v) is 8.65. The first-order valence-electron chi connectivity index (χ1n) is 7.21. The summed E-state index contributed by atoms with van der Waals surface area (Å²) < 4.78 is 32.3. The molecule has 1 aromatic rings. The summed E-state index contributed by atoms with van der Waals surface area (Å²) >= 11 is 0. The van der Waals surface area contributed by atoms with E-state index in [1.54, 1.807) is 26.3 Å². The van der Waals surface area contributed by atoms with Crippen LogP contribution < -0.4 is 10.1 Å². The molecule has 0 spiro atoms. The summed E-state index contributed by atoms with van der Waals surface area (Å²) in [4.78, 5) is 0.392. The smallest absolute Gasteiger partial charge is 0.243 e. The molecule has 1 unspecified atom stereocenters.